The van der Waals surface area contributed by atoms with Crippen LogP contribution in [0.3, 0.4) is 0 Å². The number of H-pyrrole nitrogens is 1. The van der Waals surface area contributed by atoms with Crippen LogP contribution in [0.2, 0.25) is 5.02 Å². The molecule has 4 rings (SSSR count). The Bertz CT molecular complexity index is 1110. The Morgan fingerprint density at radius 2 is 1.93 bits per heavy atom. The van der Waals surface area contributed by atoms with Gasteiger partial charge in [0, 0.05) is 11.3 Å². The van der Waals surface area contributed by atoms with Crippen LogP contribution in [0.15, 0.2) is 36.7 Å². The van der Waals surface area contributed by atoms with Gasteiger partial charge in [-0.2, -0.15) is 0 Å². The van der Waals surface area contributed by atoms with Gasteiger partial charge in [0.2, 0.25) is 5.78 Å². The zero-order valence-corrected chi connectivity index (χ0v) is 15.8. The summed E-state index contributed by atoms with van der Waals surface area (Å²) >= 11 is 5.88. The topological polar surface area (TPSA) is 66.1 Å². The van der Waals surface area contributed by atoms with Gasteiger partial charge < -0.3 is 4.98 Å². The van der Waals surface area contributed by atoms with Crippen molar-refractivity contribution < 1.29 is 18.4 Å². The predicted molar refractivity (Wildman–Crippen MR) is 101 cm³/mol. The summed E-state index contributed by atoms with van der Waals surface area (Å²) in [6.45, 7) is 3.48. The fourth-order valence-corrected chi connectivity index (χ4v) is 4.00. The van der Waals surface area contributed by atoms with E-state index in [9.17, 15) is 18.4 Å². The van der Waals surface area contributed by atoms with Crippen LogP contribution in [0.25, 0.3) is 11.0 Å². The number of carbonyl (C=O) groups is 2. The van der Waals surface area contributed by atoms with E-state index in [4.69, 9.17) is 11.6 Å². The summed E-state index contributed by atoms with van der Waals surface area (Å²) in [6.07, 6.45) is 1.50. The van der Waals surface area contributed by atoms with Crippen LogP contribution >= 0.6 is 11.6 Å². The lowest BCUT2D eigenvalue weighted by Crippen LogP contribution is -2.31. The van der Waals surface area contributed by atoms with Crippen molar-refractivity contribution in [3.63, 3.8) is 0 Å². The normalized spacial score (nSPS) is 20.0. The summed E-state index contributed by atoms with van der Waals surface area (Å²) in [5.74, 6) is -4.53. The number of ketones is 1. The number of imidazole rings is 1. The number of rotatable bonds is 3. The summed E-state index contributed by atoms with van der Waals surface area (Å²) in [5.41, 5.74) is 1.27. The number of aromatic amines is 1. The molecule has 0 saturated carbocycles. The number of nitrogens with one attached hydrogen (secondary N) is 1. The fourth-order valence-electron chi connectivity index (χ4n) is 3.83. The maximum Gasteiger partial charge on any atom is 0.295 e. The third-order valence-electron chi connectivity index (χ3n) is 5.13. The Kier molecular flexibility index (Phi) is 4.42. The summed E-state index contributed by atoms with van der Waals surface area (Å²) in [7, 11) is 0. The molecule has 1 aliphatic heterocycles. The molecular formula is C20H16ClF2N3O2. The van der Waals surface area contributed by atoms with Crippen molar-refractivity contribution in [1.29, 1.82) is 0 Å². The highest BCUT2D eigenvalue weighted by atomic mass is 35.5. The largest absolute Gasteiger partial charge is 0.345 e. The first-order valence-corrected chi connectivity index (χ1v) is 9.13. The smallest absolute Gasteiger partial charge is 0.295 e. The van der Waals surface area contributed by atoms with E-state index < -0.39 is 35.3 Å². The lowest BCUT2D eigenvalue weighted by atomic mass is 9.83. The number of benzene rings is 2. The summed E-state index contributed by atoms with van der Waals surface area (Å²) in [5, 5.41) is -0.269. The van der Waals surface area contributed by atoms with Gasteiger partial charge >= 0.3 is 0 Å². The van der Waals surface area contributed by atoms with E-state index in [-0.39, 0.29) is 16.5 Å². The maximum absolute atomic E-state index is 14.9. The molecule has 2 aromatic carbocycles. The number of amides is 1. The minimum absolute atomic E-state index is 0.269. The molecule has 1 amide bonds. The molecule has 1 fully saturated rings. The number of hydrogen-bond acceptors (Lipinski definition) is 3. The molecule has 2 unspecified atom stereocenters. The number of Topliss-reactive ketones (excluding diaryl/α,β-unsaturated/α-hetero) is 1. The van der Waals surface area contributed by atoms with Gasteiger partial charge in [0.15, 0.2) is 0 Å². The monoisotopic (exact) mass is 403 g/mol. The lowest BCUT2D eigenvalue weighted by Gasteiger charge is -2.30. The van der Waals surface area contributed by atoms with Gasteiger partial charge in [0.05, 0.1) is 34.3 Å². The molecule has 1 N–H and O–H groups in total. The average Bonchev–Trinajstić information content (AvgIpc) is 3.21. The first kappa shape index (κ1) is 18.6. The second kappa shape index (κ2) is 6.67. The van der Waals surface area contributed by atoms with Gasteiger partial charge in [0.25, 0.3) is 5.91 Å². The molecule has 28 heavy (non-hydrogen) atoms. The Morgan fingerprint density at radius 3 is 2.64 bits per heavy atom. The van der Waals surface area contributed by atoms with Crippen LogP contribution in [0, 0.1) is 23.5 Å². The van der Waals surface area contributed by atoms with Gasteiger partial charge in [-0.1, -0.05) is 25.4 Å². The van der Waals surface area contributed by atoms with Gasteiger partial charge in [0.1, 0.15) is 11.6 Å². The Hall–Kier alpha value is -2.80. The zero-order valence-electron chi connectivity index (χ0n) is 15.0. The van der Waals surface area contributed by atoms with E-state index in [0.717, 1.165) is 17.0 Å². The van der Waals surface area contributed by atoms with Crippen LogP contribution < -0.4 is 4.90 Å². The Morgan fingerprint density at radius 1 is 1.18 bits per heavy atom. The number of fused-ring (bicyclic) bond motifs is 1. The van der Waals surface area contributed by atoms with Gasteiger partial charge in [-0.15, -0.1) is 0 Å². The number of anilines is 1. The summed E-state index contributed by atoms with van der Waals surface area (Å²) in [6, 6.07) is 5.91. The van der Waals surface area contributed by atoms with Crippen molar-refractivity contribution in [3.8, 4) is 0 Å². The van der Waals surface area contributed by atoms with Crippen LogP contribution in [-0.4, -0.2) is 21.7 Å². The van der Waals surface area contributed by atoms with E-state index in [0.29, 0.717) is 16.7 Å². The molecule has 2 atom stereocenters. The van der Waals surface area contributed by atoms with E-state index in [1.54, 1.807) is 32.0 Å². The number of halogens is 3. The Labute approximate surface area is 164 Å². The van der Waals surface area contributed by atoms with Gasteiger partial charge in [-0.05, 0) is 36.2 Å². The SMILES string of the molecule is CC(C)C1C(=O)C(=O)N(c2ccc3nc[nH]c3c2)C1c1c(F)ccc(Cl)c1F. The zero-order chi connectivity index (χ0) is 20.2. The number of carbonyl (C=O) groups excluding carboxylic acids is 2. The van der Waals surface area contributed by atoms with Crippen LogP contribution in [0.4, 0.5) is 14.5 Å². The first-order chi connectivity index (χ1) is 13.3. The molecule has 5 nitrogen and oxygen atoms in total. The highest BCUT2D eigenvalue weighted by Crippen LogP contribution is 2.45. The molecule has 2 heterocycles. The first-order valence-electron chi connectivity index (χ1n) is 8.75. The number of hydrogen-bond donors (Lipinski definition) is 1. The highest BCUT2D eigenvalue weighted by molar-refractivity contribution is 6.45. The molecule has 0 aliphatic carbocycles. The van der Waals surface area contributed by atoms with Crippen LogP contribution in [0.5, 0.6) is 0 Å². The Balaban J connectivity index is 1.96. The second-order valence-corrected chi connectivity index (χ2v) is 7.52. The van der Waals surface area contributed by atoms with Crippen LogP contribution in [0.1, 0.15) is 25.5 Å². The van der Waals surface area contributed by atoms with E-state index in [1.807, 2.05) is 0 Å². The standard InChI is InChI=1S/C20H16ClF2N3O2/c1-9(2)15-18(16-12(22)5-4-11(21)17(16)23)26(20(28)19(15)27)10-3-6-13-14(7-10)25-8-24-13/h3-9,15,18H,1-2H3,(H,24,25). The van der Waals surface area contributed by atoms with E-state index >= 15 is 0 Å². The van der Waals surface area contributed by atoms with Crippen molar-refractivity contribution >= 4 is 40.0 Å². The average molecular weight is 404 g/mol. The fraction of sp³-hybridized carbons (Fsp3) is 0.250. The molecule has 8 heteroatoms. The molecule has 0 radical (unpaired) electrons. The molecule has 0 bridgehead atoms. The quantitative estimate of drug-likeness (QED) is 0.520. The predicted octanol–water partition coefficient (Wildman–Crippen LogP) is 4.42. The van der Waals surface area contributed by atoms with Gasteiger partial charge in [-0.3, -0.25) is 14.5 Å². The third kappa shape index (κ3) is 2.69. The van der Waals surface area contributed by atoms with Crippen molar-refractivity contribution in [2.75, 3.05) is 4.90 Å². The molecule has 1 aliphatic rings. The molecule has 0 spiro atoms. The van der Waals surface area contributed by atoms with Crippen LogP contribution in [-0.2, 0) is 9.59 Å². The third-order valence-corrected chi connectivity index (χ3v) is 5.42. The molecule has 1 saturated heterocycles. The molecular weight excluding hydrogens is 388 g/mol. The van der Waals surface area contributed by atoms with E-state index in [2.05, 4.69) is 9.97 Å². The lowest BCUT2D eigenvalue weighted by molar-refractivity contribution is -0.136. The molecule has 3 aromatic rings. The van der Waals surface area contributed by atoms with Crippen molar-refractivity contribution in [2.45, 2.75) is 19.9 Å². The minimum Gasteiger partial charge on any atom is -0.345 e. The summed E-state index contributed by atoms with van der Waals surface area (Å²) in [4.78, 5) is 33.8. The maximum atomic E-state index is 14.9. The number of nitrogens with zero attached hydrogens (tertiary/aromatic N) is 2. The summed E-state index contributed by atoms with van der Waals surface area (Å²) < 4.78 is 29.6. The second-order valence-electron chi connectivity index (χ2n) is 7.11. The highest BCUT2D eigenvalue weighted by Gasteiger charge is 2.51. The van der Waals surface area contributed by atoms with E-state index in [1.165, 1.54) is 6.33 Å². The molecule has 144 valence electrons. The van der Waals surface area contributed by atoms with Crippen molar-refractivity contribution in [2.24, 2.45) is 11.8 Å². The minimum atomic E-state index is -1.14. The van der Waals surface area contributed by atoms with Gasteiger partial charge in [-0.25, -0.2) is 13.8 Å². The van der Waals surface area contributed by atoms with Crippen molar-refractivity contribution in [1.82, 2.24) is 9.97 Å². The number of aromatic nitrogens is 2. The van der Waals surface area contributed by atoms with Crippen molar-refractivity contribution in [3.05, 3.63) is 58.9 Å². The molecule has 1 aromatic heterocycles.